The molecule has 0 aliphatic heterocycles. The summed E-state index contributed by atoms with van der Waals surface area (Å²) in [5, 5.41) is 0.743. The van der Waals surface area contributed by atoms with Gasteiger partial charge in [-0.1, -0.05) is 33.3 Å². The fraction of sp³-hybridized carbons (Fsp3) is 0.227. The summed E-state index contributed by atoms with van der Waals surface area (Å²) in [6.07, 6.45) is 6.31. The van der Waals surface area contributed by atoms with Gasteiger partial charge in [-0.15, -0.1) is 12.4 Å². The lowest BCUT2D eigenvalue weighted by Crippen LogP contribution is -2.32. The van der Waals surface area contributed by atoms with Crippen molar-refractivity contribution in [1.29, 1.82) is 0 Å². The van der Waals surface area contributed by atoms with Gasteiger partial charge in [0, 0.05) is 35.5 Å². The van der Waals surface area contributed by atoms with Gasteiger partial charge in [0.15, 0.2) is 5.13 Å². The molecule has 0 aliphatic rings. The number of nitrogens with zero attached hydrogens (tertiary/aromatic N) is 4. The van der Waals surface area contributed by atoms with Gasteiger partial charge < -0.3 is 4.57 Å². The van der Waals surface area contributed by atoms with Crippen LogP contribution < -0.4 is 4.90 Å². The number of anilines is 1. The molecule has 2 heterocycles. The number of imidazole rings is 1. The molecule has 4 rings (SSSR count). The number of rotatable bonds is 6. The molecule has 0 atom stereocenters. The number of carbonyl (C=O) groups is 1. The SMILES string of the molecule is Cc1cc(C)c2sc(N(CCCn3ccnc3)C(=O)c3ccc(Br)cc3)nc2c1.Cl. The molecule has 0 saturated heterocycles. The Hall–Kier alpha value is -2.22. The maximum atomic E-state index is 13.3. The van der Waals surface area contributed by atoms with Crippen LogP contribution in [0.4, 0.5) is 5.13 Å². The summed E-state index contributed by atoms with van der Waals surface area (Å²) in [7, 11) is 0. The van der Waals surface area contributed by atoms with Gasteiger partial charge >= 0.3 is 0 Å². The first-order valence-corrected chi connectivity index (χ1v) is 11.0. The third-order valence-electron chi connectivity index (χ3n) is 4.73. The number of hydrogen-bond donors (Lipinski definition) is 0. The minimum atomic E-state index is -0.0310. The van der Waals surface area contributed by atoms with Crippen molar-refractivity contribution in [3.8, 4) is 0 Å². The second-order valence-corrected chi connectivity index (χ2v) is 8.94. The fourth-order valence-corrected chi connectivity index (χ4v) is 4.65. The minimum absolute atomic E-state index is 0. The Morgan fingerprint density at radius 2 is 1.97 bits per heavy atom. The molecule has 0 saturated carbocycles. The van der Waals surface area contributed by atoms with E-state index in [1.54, 1.807) is 28.8 Å². The van der Waals surface area contributed by atoms with Crippen LogP contribution in [-0.2, 0) is 6.54 Å². The smallest absolute Gasteiger partial charge is 0.260 e. The predicted octanol–water partition coefficient (Wildman–Crippen LogP) is 6.03. The zero-order valence-electron chi connectivity index (χ0n) is 16.7. The molecule has 0 radical (unpaired) electrons. The van der Waals surface area contributed by atoms with Gasteiger partial charge in [-0.3, -0.25) is 9.69 Å². The lowest BCUT2D eigenvalue weighted by atomic mass is 10.1. The van der Waals surface area contributed by atoms with Crippen molar-refractivity contribution in [2.75, 3.05) is 11.4 Å². The van der Waals surface area contributed by atoms with E-state index < -0.39 is 0 Å². The number of amides is 1. The van der Waals surface area contributed by atoms with E-state index in [9.17, 15) is 4.79 Å². The lowest BCUT2D eigenvalue weighted by molar-refractivity contribution is 0.0986. The summed E-state index contributed by atoms with van der Waals surface area (Å²) in [6.45, 7) is 5.55. The topological polar surface area (TPSA) is 51.0 Å². The molecule has 1 amide bonds. The second-order valence-electron chi connectivity index (χ2n) is 7.04. The van der Waals surface area contributed by atoms with Crippen LogP contribution in [-0.4, -0.2) is 27.0 Å². The highest BCUT2D eigenvalue weighted by Gasteiger charge is 2.21. The molecule has 0 aliphatic carbocycles. The third-order valence-corrected chi connectivity index (χ3v) is 6.49. The first-order chi connectivity index (χ1) is 14.0. The van der Waals surface area contributed by atoms with E-state index in [1.165, 1.54) is 11.1 Å². The van der Waals surface area contributed by atoms with Gasteiger partial charge in [-0.05, 0) is 61.7 Å². The van der Waals surface area contributed by atoms with E-state index in [4.69, 9.17) is 4.98 Å². The zero-order valence-corrected chi connectivity index (χ0v) is 19.9. The van der Waals surface area contributed by atoms with E-state index >= 15 is 0 Å². The third kappa shape index (κ3) is 4.91. The number of hydrogen-bond acceptors (Lipinski definition) is 4. The van der Waals surface area contributed by atoms with Crippen LogP contribution in [0.1, 0.15) is 27.9 Å². The minimum Gasteiger partial charge on any atom is -0.337 e. The van der Waals surface area contributed by atoms with Crippen LogP contribution in [0.5, 0.6) is 0 Å². The Balaban J connectivity index is 0.00000256. The second kappa shape index (κ2) is 9.73. The van der Waals surface area contributed by atoms with Gasteiger partial charge in [0.2, 0.25) is 0 Å². The maximum absolute atomic E-state index is 13.3. The van der Waals surface area contributed by atoms with E-state index in [0.717, 1.165) is 32.8 Å². The number of carbonyl (C=O) groups excluding carboxylic acids is 1. The number of aryl methyl sites for hydroxylation is 3. The first-order valence-electron chi connectivity index (χ1n) is 9.42. The molecule has 2 aromatic heterocycles. The average molecular weight is 506 g/mol. The number of thiazole rings is 1. The van der Waals surface area contributed by atoms with Gasteiger partial charge in [0.05, 0.1) is 16.5 Å². The highest BCUT2D eigenvalue weighted by molar-refractivity contribution is 9.10. The molecule has 8 heteroatoms. The Labute approximate surface area is 194 Å². The van der Waals surface area contributed by atoms with Crippen molar-refractivity contribution < 1.29 is 4.79 Å². The molecule has 0 unspecified atom stereocenters. The molecule has 0 N–H and O–H groups in total. The van der Waals surface area contributed by atoms with Gasteiger partial charge in [-0.25, -0.2) is 9.97 Å². The van der Waals surface area contributed by atoms with E-state index in [-0.39, 0.29) is 18.3 Å². The number of benzene rings is 2. The van der Waals surface area contributed by atoms with Crippen molar-refractivity contribution in [3.05, 3.63) is 76.3 Å². The fourth-order valence-electron chi connectivity index (χ4n) is 3.34. The summed E-state index contributed by atoms with van der Waals surface area (Å²) in [5.74, 6) is -0.0310. The number of fused-ring (bicyclic) bond motifs is 1. The van der Waals surface area contributed by atoms with E-state index in [1.807, 2.05) is 35.0 Å². The Morgan fingerprint density at radius 1 is 1.20 bits per heavy atom. The van der Waals surface area contributed by atoms with E-state index in [2.05, 4.69) is 46.9 Å². The molecule has 0 spiro atoms. The van der Waals surface area contributed by atoms with Crippen LogP contribution in [0.3, 0.4) is 0 Å². The van der Waals surface area contributed by atoms with Crippen molar-refractivity contribution in [1.82, 2.24) is 14.5 Å². The van der Waals surface area contributed by atoms with Crippen LogP contribution in [0.15, 0.2) is 59.6 Å². The molecular weight excluding hydrogens is 484 g/mol. The predicted molar refractivity (Wildman–Crippen MR) is 129 cm³/mol. The molecule has 0 fully saturated rings. The van der Waals surface area contributed by atoms with Gasteiger partial charge in [-0.2, -0.15) is 0 Å². The quantitative estimate of drug-likeness (QED) is 0.321. The molecule has 5 nitrogen and oxygen atoms in total. The lowest BCUT2D eigenvalue weighted by Gasteiger charge is -2.20. The van der Waals surface area contributed by atoms with Gasteiger partial charge in [0.25, 0.3) is 5.91 Å². The summed E-state index contributed by atoms with van der Waals surface area (Å²) < 4.78 is 4.11. The van der Waals surface area contributed by atoms with Crippen LogP contribution in [0.2, 0.25) is 0 Å². The summed E-state index contributed by atoms with van der Waals surface area (Å²) in [6, 6.07) is 11.7. The average Bonchev–Trinajstić information content (AvgIpc) is 3.35. The largest absolute Gasteiger partial charge is 0.337 e. The highest BCUT2D eigenvalue weighted by Crippen LogP contribution is 2.33. The van der Waals surface area contributed by atoms with Crippen molar-refractivity contribution in [2.24, 2.45) is 0 Å². The maximum Gasteiger partial charge on any atom is 0.260 e. The Bertz CT molecular complexity index is 1140. The van der Waals surface area contributed by atoms with Crippen LogP contribution in [0, 0.1) is 13.8 Å². The first kappa shape index (κ1) is 22.5. The van der Waals surface area contributed by atoms with Crippen molar-refractivity contribution >= 4 is 60.9 Å². The van der Waals surface area contributed by atoms with Crippen molar-refractivity contribution in [2.45, 2.75) is 26.8 Å². The summed E-state index contributed by atoms with van der Waals surface area (Å²) in [4.78, 5) is 24.0. The Kier molecular flexibility index (Phi) is 7.28. The summed E-state index contributed by atoms with van der Waals surface area (Å²) >= 11 is 5.01. The standard InChI is InChI=1S/C22H21BrN4OS.ClH/c1-15-12-16(2)20-19(13-15)25-22(29-20)27(10-3-9-26-11-8-24-14-26)21(28)17-4-6-18(23)7-5-17;/h4-8,11-14H,3,9-10H2,1-2H3;1H. The molecular formula is C22H22BrClN4OS. The van der Waals surface area contributed by atoms with E-state index in [0.29, 0.717) is 12.1 Å². The molecule has 4 aromatic rings. The van der Waals surface area contributed by atoms with Gasteiger partial charge in [0.1, 0.15) is 0 Å². The normalized spacial score (nSPS) is 10.8. The van der Waals surface area contributed by atoms with Crippen LogP contribution in [0.25, 0.3) is 10.2 Å². The molecule has 2 aromatic carbocycles. The molecule has 30 heavy (non-hydrogen) atoms. The Morgan fingerprint density at radius 3 is 2.67 bits per heavy atom. The number of halogens is 2. The summed E-state index contributed by atoms with van der Waals surface area (Å²) in [5.41, 5.74) is 3.98. The molecule has 156 valence electrons. The molecule has 0 bridgehead atoms. The number of aromatic nitrogens is 3. The van der Waals surface area contributed by atoms with Crippen molar-refractivity contribution in [3.63, 3.8) is 0 Å². The highest BCUT2D eigenvalue weighted by atomic mass is 79.9. The monoisotopic (exact) mass is 504 g/mol. The van der Waals surface area contributed by atoms with Crippen LogP contribution >= 0.6 is 39.7 Å². The zero-order chi connectivity index (χ0) is 20.4.